The van der Waals surface area contributed by atoms with E-state index in [0.717, 1.165) is 11.4 Å². The van der Waals surface area contributed by atoms with E-state index in [9.17, 15) is 9.59 Å². The molecule has 6 nitrogen and oxygen atoms in total. The number of aromatic nitrogens is 1. The first-order valence-corrected chi connectivity index (χ1v) is 7.48. The summed E-state index contributed by atoms with van der Waals surface area (Å²) < 4.78 is 0. The summed E-state index contributed by atoms with van der Waals surface area (Å²) in [5.74, 6) is -0.256. The Hall–Kier alpha value is -2.89. The van der Waals surface area contributed by atoms with Crippen molar-refractivity contribution in [1.82, 2.24) is 10.3 Å². The van der Waals surface area contributed by atoms with Gasteiger partial charge in [0, 0.05) is 18.3 Å². The second kappa shape index (κ2) is 6.48. The number of Topliss-reactive ketones (excluding diaryl/α,β-unsaturated/α-hetero) is 1. The lowest BCUT2D eigenvalue weighted by atomic mass is 10.1. The lowest BCUT2D eigenvalue weighted by Crippen LogP contribution is -2.34. The summed E-state index contributed by atoms with van der Waals surface area (Å²) in [6.45, 7) is 1.93. The van der Waals surface area contributed by atoms with Crippen LogP contribution in [0.25, 0.3) is 0 Å². The number of rotatable bonds is 5. The van der Waals surface area contributed by atoms with Crippen LogP contribution in [0.15, 0.2) is 53.8 Å². The molecule has 118 valence electrons. The Balaban J connectivity index is 1.74. The highest BCUT2D eigenvalue weighted by molar-refractivity contribution is 6.40. The van der Waals surface area contributed by atoms with Crippen LogP contribution in [0.4, 0.5) is 5.69 Å². The number of para-hydroxylation sites is 1. The Morgan fingerprint density at radius 3 is 2.70 bits per heavy atom. The molecule has 23 heavy (non-hydrogen) atoms. The molecule has 1 aromatic carbocycles. The number of carbonyl (C=O) groups excluding carboxylic acids is 2. The SMILES string of the molecule is CC(=O)[C@@H]1CC(C(=O)NCc2ccc[nH]2)=NN1c1ccccc1. The molecule has 1 aromatic heterocycles. The zero-order chi connectivity index (χ0) is 16.2. The van der Waals surface area contributed by atoms with E-state index >= 15 is 0 Å². The molecule has 1 aliphatic rings. The molecule has 0 unspecified atom stereocenters. The van der Waals surface area contributed by atoms with Crippen molar-refractivity contribution in [2.24, 2.45) is 5.10 Å². The van der Waals surface area contributed by atoms with Gasteiger partial charge in [-0.15, -0.1) is 0 Å². The average Bonchev–Trinajstić information content (AvgIpc) is 3.23. The molecule has 0 spiro atoms. The standard InChI is InChI=1S/C17H18N4O2/c1-12(22)16-10-15(17(23)19-11-13-6-5-9-18-13)20-21(16)14-7-3-2-4-8-14/h2-9,16,18H,10-11H2,1H3,(H,19,23)/t16-/m0/s1. The van der Waals surface area contributed by atoms with Crippen molar-refractivity contribution >= 4 is 23.1 Å². The Kier molecular flexibility index (Phi) is 4.23. The van der Waals surface area contributed by atoms with Crippen LogP contribution >= 0.6 is 0 Å². The molecule has 1 atom stereocenters. The van der Waals surface area contributed by atoms with Gasteiger partial charge in [-0.25, -0.2) is 0 Å². The van der Waals surface area contributed by atoms with Gasteiger partial charge < -0.3 is 10.3 Å². The van der Waals surface area contributed by atoms with Gasteiger partial charge in [-0.05, 0) is 31.2 Å². The summed E-state index contributed by atoms with van der Waals surface area (Å²) in [4.78, 5) is 27.2. The molecule has 6 heteroatoms. The fourth-order valence-electron chi connectivity index (χ4n) is 2.54. The Labute approximate surface area is 134 Å². The summed E-state index contributed by atoms with van der Waals surface area (Å²) in [7, 11) is 0. The Morgan fingerprint density at radius 1 is 1.26 bits per heavy atom. The minimum atomic E-state index is -0.427. The van der Waals surface area contributed by atoms with Gasteiger partial charge >= 0.3 is 0 Å². The fourth-order valence-corrected chi connectivity index (χ4v) is 2.54. The van der Waals surface area contributed by atoms with E-state index in [-0.39, 0.29) is 11.7 Å². The third kappa shape index (κ3) is 3.31. The number of hydrazone groups is 1. The first-order chi connectivity index (χ1) is 11.1. The number of aromatic amines is 1. The van der Waals surface area contributed by atoms with Crippen LogP contribution in [0.1, 0.15) is 19.0 Å². The molecule has 0 bridgehead atoms. The van der Waals surface area contributed by atoms with Crippen LogP contribution in [-0.2, 0) is 16.1 Å². The Bertz CT molecular complexity index is 722. The first kappa shape index (κ1) is 15.0. The fraction of sp³-hybridized carbons (Fsp3) is 0.235. The molecule has 0 radical (unpaired) electrons. The zero-order valence-electron chi connectivity index (χ0n) is 12.8. The van der Waals surface area contributed by atoms with Gasteiger partial charge in [-0.3, -0.25) is 14.6 Å². The summed E-state index contributed by atoms with van der Waals surface area (Å²) >= 11 is 0. The Morgan fingerprint density at radius 2 is 2.04 bits per heavy atom. The minimum absolute atomic E-state index is 0.00947. The highest BCUT2D eigenvalue weighted by atomic mass is 16.2. The van der Waals surface area contributed by atoms with E-state index in [1.807, 2.05) is 42.5 Å². The monoisotopic (exact) mass is 310 g/mol. The van der Waals surface area contributed by atoms with Gasteiger partial charge in [-0.2, -0.15) is 5.10 Å². The van der Waals surface area contributed by atoms with Crippen LogP contribution in [0.2, 0.25) is 0 Å². The second-order valence-corrected chi connectivity index (χ2v) is 5.44. The third-order valence-electron chi connectivity index (χ3n) is 3.76. The van der Waals surface area contributed by atoms with Crippen LogP contribution in [0.5, 0.6) is 0 Å². The number of ketones is 1. The molecule has 0 saturated carbocycles. The minimum Gasteiger partial charge on any atom is -0.364 e. The van der Waals surface area contributed by atoms with Crippen molar-refractivity contribution in [3.05, 3.63) is 54.4 Å². The second-order valence-electron chi connectivity index (χ2n) is 5.44. The predicted molar refractivity (Wildman–Crippen MR) is 88.1 cm³/mol. The van der Waals surface area contributed by atoms with Crippen molar-refractivity contribution in [3.63, 3.8) is 0 Å². The molecule has 3 rings (SSSR count). The van der Waals surface area contributed by atoms with Crippen LogP contribution in [0, 0.1) is 0 Å². The van der Waals surface area contributed by atoms with Gasteiger partial charge in [0.05, 0.1) is 12.2 Å². The number of carbonyl (C=O) groups is 2. The largest absolute Gasteiger partial charge is 0.364 e. The van der Waals surface area contributed by atoms with Gasteiger partial charge in [0.25, 0.3) is 5.91 Å². The number of benzene rings is 1. The smallest absolute Gasteiger partial charge is 0.267 e. The number of hydrogen-bond donors (Lipinski definition) is 2. The average molecular weight is 310 g/mol. The topological polar surface area (TPSA) is 77.6 Å². The van der Waals surface area contributed by atoms with Crippen molar-refractivity contribution in [2.75, 3.05) is 5.01 Å². The number of anilines is 1. The lowest BCUT2D eigenvalue weighted by Gasteiger charge is -2.20. The molecule has 0 fully saturated rings. The number of hydrogen-bond acceptors (Lipinski definition) is 4. The van der Waals surface area contributed by atoms with Gasteiger partial charge in [-0.1, -0.05) is 18.2 Å². The zero-order valence-corrected chi connectivity index (χ0v) is 12.8. The molecule has 2 N–H and O–H groups in total. The molecule has 1 amide bonds. The van der Waals surface area contributed by atoms with Crippen molar-refractivity contribution in [3.8, 4) is 0 Å². The normalized spacial score (nSPS) is 17.0. The predicted octanol–water partition coefficient (Wildman–Crippen LogP) is 1.85. The summed E-state index contributed by atoms with van der Waals surface area (Å²) in [5, 5.41) is 8.82. The van der Waals surface area contributed by atoms with Crippen LogP contribution in [0.3, 0.4) is 0 Å². The molecular formula is C17H18N4O2. The number of H-pyrrole nitrogens is 1. The van der Waals surface area contributed by atoms with E-state index in [1.54, 1.807) is 11.2 Å². The lowest BCUT2D eigenvalue weighted by molar-refractivity contribution is -0.118. The number of nitrogens with zero attached hydrogens (tertiary/aromatic N) is 2. The van der Waals surface area contributed by atoms with Gasteiger partial charge in [0.1, 0.15) is 11.8 Å². The van der Waals surface area contributed by atoms with E-state index in [1.165, 1.54) is 6.92 Å². The van der Waals surface area contributed by atoms with E-state index in [0.29, 0.717) is 18.7 Å². The van der Waals surface area contributed by atoms with Crippen LogP contribution < -0.4 is 10.3 Å². The van der Waals surface area contributed by atoms with Gasteiger partial charge in [0.2, 0.25) is 0 Å². The third-order valence-corrected chi connectivity index (χ3v) is 3.76. The van der Waals surface area contributed by atoms with E-state index < -0.39 is 6.04 Å². The van der Waals surface area contributed by atoms with Crippen molar-refractivity contribution in [2.45, 2.75) is 25.9 Å². The number of nitrogens with one attached hydrogen (secondary N) is 2. The summed E-state index contributed by atoms with van der Waals surface area (Å²) in [5.41, 5.74) is 2.10. The molecule has 1 aliphatic heterocycles. The maximum absolute atomic E-state index is 12.3. The maximum atomic E-state index is 12.3. The quantitative estimate of drug-likeness (QED) is 0.885. The van der Waals surface area contributed by atoms with Gasteiger partial charge in [0.15, 0.2) is 5.78 Å². The van der Waals surface area contributed by atoms with Crippen molar-refractivity contribution < 1.29 is 9.59 Å². The highest BCUT2D eigenvalue weighted by Gasteiger charge is 2.33. The molecule has 0 aliphatic carbocycles. The molecule has 2 aromatic rings. The number of amides is 1. The molecular weight excluding hydrogens is 292 g/mol. The van der Waals surface area contributed by atoms with E-state index in [2.05, 4.69) is 15.4 Å². The first-order valence-electron chi connectivity index (χ1n) is 7.48. The summed E-state index contributed by atoms with van der Waals surface area (Å²) in [6, 6.07) is 12.7. The summed E-state index contributed by atoms with van der Waals surface area (Å²) in [6.07, 6.45) is 2.12. The van der Waals surface area contributed by atoms with E-state index in [4.69, 9.17) is 0 Å². The highest BCUT2D eigenvalue weighted by Crippen LogP contribution is 2.24. The molecule has 2 heterocycles. The molecule has 0 saturated heterocycles. The van der Waals surface area contributed by atoms with Crippen molar-refractivity contribution in [1.29, 1.82) is 0 Å². The maximum Gasteiger partial charge on any atom is 0.267 e. The van der Waals surface area contributed by atoms with Crippen LogP contribution in [-0.4, -0.2) is 28.4 Å².